The van der Waals surface area contributed by atoms with E-state index < -0.39 is 12.7 Å². The summed E-state index contributed by atoms with van der Waals surface area (Å²) in [5.41, 5.74) is 0. The van der Waals surface area contributed by atoms with Crippen molar-refractivity contribution in [2.45, 2.75) is 32.0 Å². The van der Waals surface area contributed by atoms with Crippen molar-refractivity contribution >= 4 is 11.7 Å². The molecule has 2 saturated carbocycles. The van der Waals surface area contributed by atoms with Crippen LogP contribution in [0.2, 0.25) is 0 Å². The van der Waals surface area contributed by atoms with E-state index in [0.717, 1.165) is 12.8 Å². The topological polar surface area (TPSA) is 46.6 Å². The van der Waals surface area contributed by atoms with Gasteiger partial charge in [0.2, 0.25) is 5.91 Å². The molecule has 0 aromatic heterocycles. The SMILES string of the molecule is O=C1C[C@@H]2CC(C(=O)N3CC(OC(F)F)C3)[C@H]1C2. The maximum Gasteiger partial charge on any atom is 0.345 e. The van der Waals surface area contributed by atoms with Gasteiger partial charge in [-0.15, -0.1) is 0 Å². The van der Waals surface area contributed by atoms with Crippen molar-refractivity contribution in [2.24, 2.45) is 17.8 Å². The smallest absolute Gasteiger partial charge is 0.337 e. The summed E-state index contributed by atoms with van der Waals surface area (Å²) in [6, 6.07) is 0. The van der Waals surface area contributed by atoms with Crippen molar-refractivity contribution in [3.05, 3.63) is 0 Å². The van der Waals surface area contributed by atoms with Crippen LogP contribution in [0.5, 0.6) is 0 Å². The first-order chi connectivity index (χ1) is 8.54. The first kappa shape index (κ1) is 12.0. The summed E-state index contributed by atoms with van der Waals surface area (Å²) >= 11 is 0. The number of fused-ring (bicyclic) bond motifs is 2. The monoisotopic (exact) mass is 259 g/mol. The van der Waals surface area contributed by atoms with Crippen LogP contribution >= 0.6 is 0 Å². The molecule has 3 atom stereocenters. The summed E-state index contributed by atoms with van der Waals surface area (Å²) in [5, 5.41) is 0. The minimum absolute atomic E-state index is 0.0512. The molecule has 3 aliphatic rings. The van der Waals surface area contributed by atoms with E-state index >= 15 is 0 Å². The Kier molecular flexibility index (Phi) is 2.84. The maximum atomic E-state index is 12.1. The lowest BCUT2D eigenvalue weighted by Gasteiger charge is -2.40. The molecule has 0 aromatic rings. The molecule has 2 bridgehead atoms. The molecule has 6 heteroatoms. The molecule has 0 spiro atoms. The highest BCUT2D eigenvalue weighted by Crippen LogP contribution is 2.47. The van der Waals surface area contributed by atoms with Crippen molar-refractivity contribution in [2.75, 3.05) is 13.1 Å². The molecular formula is C12H15F2NO3. The van der Waals surface area contributed by atoms with Gasteiger partial charge < -0.3 is 9.64 Å². The highest BCUT2D eigenvalue weighted by Gasteiger charge is 2.50. The third-order valence-corrected chi connectivity index (χ3v) is 4.34. The van der Waals surface area contributed by atoms with Gasteiger partial charge >= 0.3 is 6.61 Å². The number of hydrogen-bond donors (Lipinski definition) is 0. The van der Waals surface area contributed by atoms with Gasteiger partial charge in [-0.25, -0.2) is 0 Å². The first-order valence-corrected chi connectivity index (χ1v) is 6.29. The fourth-order valence-electron chi connectivity index (χ4n) is 3.46. The van der Waals surface area contributed by atoms with Crippen molar-refractivity contribution in [3.63, 3.8) is 0 Å². The molecule has 0 radical (unpaired) electrons. The number of hydrogen-bond acceptors (Lipinski definition) is 3. The Morgan fingerprint density at radius 2 is 2.06 bits per heavy atom. The second kappa shape index (κ2) is 4.26. The summed E-state index contributed by atoms with van der Waals surface area (Å²) in [5.74, 6) is 0.197. The molecule has 1 saturated heterocycles. The molecule has 2 aliphatic carbocycles. The lowest BCUT2D eigenvalue weighted by Crippen LogP contribution is -2.57. The lowest BCUT2D eigenvalue weighted by molar-refractivity contribution is -0.200. The van der Waals surface area contributed by atoms with Crippen molar-refractivity contribution in [1.82, 2.24) is 4.90 Å². The Balaban J connectivity index is 1.53. The van der Waals surface area contributed by atoms with E-state index in [1.807, 2.05) is 0 Å². The van der Waals surface area contributed by atoms with Crippen LogP contribution in [0.1, 0.15) is 19.3 Å². The standard InChI is InChI=1S/C12H15F2NO3/c13-12(14)18-7-4-15(5-7)11(17)9-2-6-1-8(9)10(16)3-6/h6-9,12H,1-5H2/t6-,8+,9?/m0/s1. The second-order valence-corrected chi connectivity index (χ2v) is 5.48. The molecular weight excluding hydrogens is 244 g/mol. The third-order valence-electron chi connectivity index (χ3n) is 4.34. The number of rotatable bonds is 3. The highest BCUT2D eigenvalue weighted by atomic mass is 19.3. The molecule has 0 aromatic carbocycles. The van der Waals surface area contributed by atoms with Gasteiger partial charge in [0, 0.05) is 31.3 Å². The van der Waals surface area contributed by atoms with Crippen LogP contribution in [0.25, 0.3) is 0 Å². The number of likely N-dealkylation sites (tertiary alicyclic amines) is 1. The number of carbonyl (C=O) groups is 2. The van der Waals surface area contributed by atoms with Crippen molar-refractivity contribution in [1.29, 1.82) is 0 Å². The van der Waals surface area contributed by atoms with Gasteiger partial charge in [-0.1, -0.05) is 0 Å². The van der Waals surface area contributed by atoms with Gasteiger partial charge in [0.05, 0.1) is 6.10 Å². The van der Waals surface area contributed by atoms with Crippen LogP contribution < -0.4 is 0 Å². The van der Waals surface area contributed by atoms with Gasteiger partial charge in [-0.3, -0.25) is 9.59 Å². The number of halogens is 2. The molecule has 3 fully saturated rings. The van der Waals surface area contributed by atoms with Gasteiger partial charge in [0.15, 0.2) is 0 Å². The third kappa shape index (κ3) is 1.92. The van der Waals surface area contributed by atoms with Gasteiger partial charge in [-0.05, 0) is 18.8 Å². The molecule has 100 valence electrons. The molecule has 1 unspecified atom stereocenters. The molecule has 1 amide bonds. The molecule has 1 aliphatic heterocycles. The quantitative estimate of drug-likeness (QED) is 0.761. The second-order valence-electron chi connectivity index (χ2n) is 5.48. The maximum absolute atomic E-state index is 12.1. The van der Waals surface area contributed by atoms with Gasteiger partial charge in [-0.2, -0.15) is 8.78 Å². The van der Waals surface area contributed by atoms with Crippen LogP contribution in [0.3, 0.4) is 0 Å². The Labute approximate surface area is 103 Å². The minimum Gasteiger partial charge on any atom is -0.337 e. The Morgan fingerprint density at radius 3 is 2.61 bits per heavy atom. The van der Waals surface area contributed by atoms with E-state index in [9.17, 15) is 18.4 Å². The number of amides is 1. The summed E-state index contributed by atoms with van der Waals surface area (Å²) < 4.78 is 28.2. The number of ketones is 1. The average molecular weight is 259 g/mol. The molecule has 0 N–H and O–H groups in total. The largest absolute Gasteiger partial charge is 0.345 e. The normalized spacial score (nSPS) is 35.4. The zero-order valence-electron chi connectivity index (χ0n) is 9.85. The number of Topliss-reactive ketones (excluding diaryl/α,β-unsaturated/α-hetero) is 1. The van der Waals surface area contributed by atoms with E-state index in [0.29, 0.717) is 12.3 Å². The summed E-state index contributed by atoms with van der Waals surface area (Å²) in [4.78, 5) is 25.3. The molecule has 4 nitrogen and oxygen atoms in total. The van der Waals surface area contributed by atoms with Crippen molar-refractivity contribution in [3.8, 4) is 0 Å². The lowest BCUT2D eigenvalue weighted by atomic mass is 9.86. The van der Waals surface area contributed by atoms with Crippen molar-refractivity contribution < 1.29 is 23.1 Å². The Bertz CT molecular complexity index is 382. The van der Waals surface area contributed by atoms with Gasteiger partial charge in [0.1, 0.15) is 5.78 Å². The van der Waals surface area contributed by atoms with E-state index in [2.05, 4.69) is 4.74 Å². The predicted octanol–water partition coefficient (Wildman–Crippen LogP) is 1.05. The molecule has 18 heavy (non-hydrogen) atoms. The van der Waals surface area contributed by atoms with Gasteiger partial charge in [0.25, 0.3) is 0 Å². The zero-order valence-corrected chi connectivity index (χ0v) is 9.85. The predicted molar refractivity (Wildman–Crippen MR) is 56.8 cm³/mol. The van der Waals surface area contributed by atoms with E-state index in [-0.39, 0.29) is 36.6 Å². The highest BCUT2D eigenvalue weighted by molar-refractivity contribution is 5.92. The fraction of sp³-hybridized carbons (Fsp3) is 0.833. The summed E-state index contributed by atoms with van der Waals surface area (Å²) in [7, 11) is 0. The summed E-state index contributed by atoms with van der Waals surface area (Å²) in [6.07, 6.45) is 1.68. The van der Waals surface area contributed by atoms with E-state index in [4.69, 9.17) is 0 Å². The van der Waals surface area contributed by atoms with Crippen LogP contribution in [0.4, 0.5) is 8.78 Å². The van der Waals surface area contributed by atoms with E-state index in [1.54, 1.807) is 0 Å². The van der Waals surface area contributed by atoms with Crippen LogP contribution in [0, 0.1) is 17.8 Å². The Hall–Kier alpha value is -1.04. The summed E-state index contributed by atoms with van der Waals surface area (Å²) in [6.45, 7) is -2.33. The number of alkyl halides is 2. The first-order valence-electron chi connectivity index (χ1n) is 6.29. The number of carbonyl (C=O) groups excluding carboxylic acids is 2. The number of ether oxygens (including phenoxy) is 1. The minimum atomic E-state index is -2.78. The number of nitrogens with zero attached hydrogens (tertiary/aromatic N) is 1. The van der Waals surface area contributed by atoms with E-state index in [1.165, 1.54) is 4.90 Å². The fourth-order valence-corrected chi connectivity index (χ4v) is 3.46. The van der Waals surface area contributed by atoms with Crippen LogP contribution in [-0.2, 0) is 14.3 Å². The molecule has 1 heterocycles. The Morgan fingerprint density at radius 1 is 1.33 bits per heavy atom. The van der Waals surface area contributed by atoms with Crippen LogP contribution in [0.15, 0.2) is 0 Å². The molecule has 3 rings (SSSR count). The average Bonchev–Trinajstić information content (AvgIpc) is 2.79. The van der Waals surface area contributed by atoms with Crippen LogP contribution in [-0.4, -0.2) is 42.4 Å². The zero-order chi connectivity index (χ0) is 12.9.